The average molecular weight is 298 g/mol. The number of nitrogens with zero attached hydrogens (tertiary/aromatic N) is 1. The summed E-state index contributed by atoms with van der Waals surface area (Å²) >= 11 is 5.97. The number of ether oxygens (including phenoxy) is 1. The third-order valence-corrected chi connectivity index (χ3v) is 3.45. The molecule has 0 aliphatic carbocycles. The lowest BCUT2D eigenvalue weighted by Crippen LogP contribution is -2.35. The van der Waals surface area contributed by atoms with E-state index in [1.165, 1.54) is 0 Å². The molecule has 0 aromatic heterocycles. The highest BCUT2D eigenvalue weighted by Crippen LogP contribution is 2.30. The van der Waals surface area contributed by atoms with Gasteiger partial charge in [-0.2, -0.15) is 0 Å². The van der Waals surface area contributed by atoms with Gasteiger partial charge in [0.15, 0.2) is 0 Å². The summed E-state index contributed by atoms with van der Waals surface area (Å²) in [6.07, 6.45) is -0.984. The van der Waals surface area contributed by atoms with Crippen LogP contribution in [0, 0.1) is 0 Å². The smallest absolute Gasteiger partial charge is 0.410 e. The Kier molecular flexibility index (Phi) is 4.25. The van der Waals surface area contributed by atoms with Crippen molar-refractivity contribution in [3.63, 3.8) is 0 Å². The molecule has 2 atom stereocenters. The van der Waals surface area contributed by atoms with Crippen LogP contribution in [0.25, 0.3) is 0 Å². The van der Waals surface area contributed by atoms with Crippen LogP contribution in [0.2, 0.25) is 5.02 Å². The fraction of sp³-hybridized carbons (Fsp3) is 0.533. The van der Waals surface area contributed by atoms with Crippen LogP contribution in [0.3, 0.4) is 0 Å². The Balaban J connectivity index is 2.07. The van der Waals surface area contributed by atoms with Crippen molar-refractivity contribution in [3.05, 3.63) is 34.9 Å². The minimum atomic E-state index is -0.596. The Hall–Kier alpha value is -1.26. The highest BCUT2D eigenvalue weighted by Gasteiger charge is 2.36. The van der Waals surface area contributed by atoms with Crippen LogP contribution in [-0.2, 0) is 4.74 Å². The molecule has 1 fully saturated rings. The molecule has 1 heterocycles. The number of β-amino-alcohol motifs (C(OH)–C–C–N with tert-alkyl or cyclic N) is 1. The molecule has 0 saturated carbocycles. The summed E-state index contributed by atoms with van der Waals surface area (Å²) in [5.41, 5.74) is 0.409. The van der Waals surface area contributed by atoms with E-state index in [0.717, 1.165) is 5.56 Å². The summed E-state index contributed by atoms with van der Waals surface area (Å²) in [6, 6.07) is 7.38. The predicted octanol–water partition coefficient (Wildman–Crippen LogP) is 3.04. The quantitative estimate of drug-likeness (QED) is 0.867. The molecular weight excluding hydrogens is 278 g/mol. The number of benzene rings is 1. The normalized spacial score (nSPS) is 22.9. The third-order valence-electron chi connectivity index (χ3n) is 3.22. The summed E-state index contributed by atoms with van der Waals surface area (Å²) in [5.74, 6) is -0.124. The van der Waals surface area contributed by atoms with Crippen LogP contribution in [0.5, 0.6) is 0 Å². The highest BCUT2D eigenvalue weighted by atomic mass is 35.5. The number of likely N-dealkylation sites (tertiary alicyclic amines) is 1. The number of hydrogen-bond acceptors (Lipinski definition) is 3. The van der Waals surface area contributed by atoms with Gasteiger partial charge in [0, 0.05) is 17.5 Å². The van der Waals surface area contributed by atoms with Crippen molar-refractivity contribution in [3.8, 4) is 0 Å². The van der Waals surface area contributed by atoms with Gasteiger partial charge in [0.25, 0.3) is 0 Å². The Morgan fingerprint density at radius 3 is 2.70 bits per heavy atom. The van der Waals surface area contributed by atoms with E-state index in [2.05, 4.69) is 0 Å². The van der Waals surface area contributed by atoms with Crippen molar-refractivity contribution in [2.45, 2.75) is 38.4 Å². The second-order valence-corrected chi connectivity index (χ2v) is 6.55. The molecule has 110 valence electrons. The van der Waals surface area contributed by atoms with E-state index in [1.807, 2.05) is 39.0 Å². The summed E-state index contributed by atoms with van der Waals surface area (Å²) in [4.78, 5) is 13.6. The van der Waals surface area contributed by atoms with Crippen molar-refractivity contribution in [2.75, 3.05) is 13.1 Å². The topological polar surface area (TPSA) is 49.8 Å². The first-order valence-corrected chi connectivity index (χ1v) is 7.05. The average Bonchev–Trinajstić information content (AvgIpc) is 2.69. The molecule has 0 bridgehead atoms. The molecule has 1 aromatic carbocycles. The van der Waals surface area contributed by atoms with E-state index in [0.29, 0.717) is 11.6 Å². The third kappa shape index (κ3) is 3.64. The van der Waals surface area contributed by atoms with Gasteiger partial charge in [0.1, 0.15) is 5.60 Å². The van der Waals surface area contributed by atoms with Crippen LogP contribution in [0.4, 0.5) is 4.79 Å². The Morgan fingerprint density at radius 2 is 2.10 bits per heavy atom. The van der Waals surface area contributed by atoms with Crippen LogP contribution in [0.15, 0.2) is 24.3 Å². The van der Waals surface area contributed by atoms with Crippen LogP contribution in [-0.4, -0.2) is 40.9 Å². The molecule has 0 spiro atoms. The van der Waals surface area contributed by atoms with E-state index >= 15 is 0 Å². The first-order chi connectivity index (χ1) is 9.26. The van der Waals surface area contributed by atoms with Crippen molar-refractivity contribution in [1.29, 1.82) is 0 Å². The van der Waals surface area contributed by atoms with E-state index in [-0.39, 0.29) is 18.6 Å². The van der Waals surface area contributed by atoms with Gasteiger partial charge >= 0.3 is 6.09 Å². The lowest BCUT2D eigenvalue weighted by molar-refractivity contribution is 0.0270. The van der Waals surface area contributed by atoms with E-state index < -0.39 is 11.7 Å². The maximum absolute atomic E-state index is 12.0. The van der Waals surface area contributed by atoms with E-state index in [1.54, 1.807) is 11.0 Å². The number of carbonyl (C=O) groups excluding carboxylic acids is 1. The molecule has 5 heteroatoms. The molecular formula is C15H20ClNO3. The lowest BCUT2D eigenvalue weighted by Gasteiger charge is -2.24. The standard InChI is InChI=1S/C15H20ClNO3/c1-15(2,3)20-14(19)17-8-12(13(18)9-17)10-5-4-6-11(16)7-10/h4-7,12-13,18H,8-9H2,1-3H3/t12-,13+/m1/s1. The van der Waals surface area contributed by atoms with Crippen molar-refractivity contribution in [1.82, 2.24) is 4.90 Å². The van der Waals surface area contributed by atoms with Crippen molar-refractivity contribution in [2.24, 2.45) is 0 Å². The summed E-state index contributed by atoms with van der Waals surface area (Å²) < 4.78 is 5.33. The number of hydrogen-bond donors (Lipinski definition) is 1. The van der Waals surface area contributed by atoms with Gasteiger partial charge < -0.3 is 14.7 Å². The van der Waals surface area contributed by atoms with Gasteiger partial charge in [-0.25, -0.2) is 4.79 Å². The summed E-state index contributed by atoms with van der Waals surface area (Å²) in [5, 5.41) is 10.8. The van der Waals surface area contributed by atoms with Gasteiger partial charge in [0.2, 0.25) is 0 Å². The van der Waals surface area contributed by atoms with Crippen molar-refractivity contribution < 1.29 is 14.6 Å². The second-order valence-electron chi connectivity index (χ2n) is 6.11. The van der Waals surface area contributed by atoms with Gasteiger partial charge in [0.05, 0.1) is 12.6 Å². The molecule has 0 unspecified atom stereocenters. The maximum Gasteiger partial charge on any atom is 0.410 e. The zero-order valence-corrected chi connectivity index (χ0v) is 12.7. The van der Waals surface area contributed by atoms with Crippen LogP contribution < -0.4 is 0 Å². The number of amides is 1. The molecule has 1 aliphatic rings. The van der Waals surface area contributed by atoms with Gasteiger partial charge in [-0.1, -0.05) is 23.7 Å². The molecule has 1 N–H and O–H groups in total. The molecule has 1 aromatic rings. The number of carbonyl (C=O) groups is 1. The number of halogens is 1. The second kappa shape index (κ2) is 5.62. The molecule has 1 aliphatic heterocycles. The van der Waals surface area contributed by atoms with Crippen LogP contribution in [0.1, 0.15) is 32.3 Å². The van der Waals surface area contributed by atoms with E-state index in [9.17, 15) is 9.90 Å². The monoisotopic (exact) mass is 297 g/mol. The fourth-order valence-corrected chi connectivity index (χ4v) is 2.53. The summed E-state index contributed by atoms with van der Waals surface area (Å²) in [6.45, 7) is 6.20. The number of aliphatic hydroxyl groups is 1. The van der Waals surface area contributed by atoms with Gasteiger partial charge in [-0.05, 0) is 38.5 Å². The Labute approximate surface area is 124 Å². The molecule has 20 heavy (non-hydrogen) atoms. The van der Waals surface area contributed by atoms with Crippen molar-refractivity contribution >= 4 is 17.7 Å². The summed E-state index contributed by atoms with van der Waals surface area (Å²) in [7, 11) is 0. The molecule has 0 radical (unpaired) electrons. The molecule has 1 amide bonds. The first kappa shape index (κ1) is 15.1. The largest absolute Gasteiger partial charge is 0.444 e. The van der Waals surface area contributed by atoms with Gasteiger partial charge in [-0.3, -0.25) is 0 Å². The Morgan fingerprint density at radius 1 is 1.40 bits per heavy atom. The Bertz CT molecular complexity index is 498. The maximum atomic E-state index is 12.0. The fourth-order valence-electron chi connectivity index (χ4n) is 2.33. The highest BCUT2D eigenvalue weighted by molar-refractivity contribution is 6.30. The molecule has 1 saturated heterocycles. The molecule has 4 nitrogen and oxygen atoms in total. The predicted molar refractivity (Wildman–Crippen MR) is 78.0 cm³/mol. The SMILES string of the molecule is CC(C)(C)OC(=O)N1C[C@H](c2cccc(Cl)c2)[C@@H](O)C1. The number of rotatable bonds is 1. The van der Waals surface area contributed by atoms with Gasteiger partial charge in [-0.15, -0.1) is 0 Å². The zero-order chi connectivity index (χ0) is 14.9. The minimum Gasteiger partial charge on any atom is -0.444 e. The van der Waals surface area contributed by atoms with Crippen LogP contribution >= 0.6 is 11.6 Å². The number of aliphatic hydroxyl groups excluding tert-OH is 1. The van der Waals surface area contributed by atoms with E-state index in [4.69, 9.17) is 16.3 Å². The first-order valence-electron chi connectivity index (χ1n) is 6.68. The molecule has 2 rings (SSSR count). The lowest BCUT2D eigenvalue weighted by atomic mass is 9.96. The zero-order valence-electron chi connectivity index (χ0n) is 12.0. The minimum absolute atomic E-state index is 0.124.